The summed E-state index contributed by atoms with van der Waals surface area (Å²) in [6.07, 6.45) is 2.05. The monoisotopic (exact) mass is 600 g/mol. The first-order chi connectivity index (χ1) is 19.9. The highest BCUT2D eigenvalue weighted by atomic mass is 35.5. The van der Waals surface area contributed by atoms with Crippen LogP contribution in [0.5, 0.6) is 0 Å². The Morgan fingerprint density at radius 2 is 1.88 bits per heavy atom. The van der Waals surface area contributed by atoms with Crippen LogP contribution in [0.4, 0.5) is 24.7 Å². The Labute approximate surface area is 242 Å². The summed E-state index contributed by atoms with van der Waals surface area (Å²) in [4.78, 5) is 63.0. The molecular weight excluding hydrogens is 577 g/mol. The van der Waals surface area contributed by atoms with E-state index in [0.717, 1.165) is 28.3 Å². The first-order valence-electron chi connectivity index (χ1n) is 12.9. The van der Waals surface area contributed by atoms with E-state index in [4.69, 9.17) is 17.3 Å². The molecule has 2 aromatic heterocycles. The molecule has 3 N–H and O–H groups in total. The van der Waals surface area contributed by atoms with Crippen molar-refractivity contribution in [1.82, 2.24) is 15.3 Å². The molecule has 3 aromatic rings. The van der Waals surface area contributed by atoms with Crippen molar-refractivity contribution in [2.45, 2.75) is 49.7 Å². The van der Waals surface area contributed by atoms with Gasteiger partial charge in [-0.1, -0.05) is 29.8 Å². The van der Waals surface area contributed by atoms with E-state index in [-0.39, 0.29) is 40.5 Å². The number of aromatic nitrogens is 2. The van der Waals surface area contributed by atoms with Crippen LogP contribution in [0, 0.1) is 5.82 Å². The van der Waals surface area contributed by atoms with E-state index in [9.17, 15) is 32.3 Å². The lowest BCUT2D eigenvalue weighted by Crippen LogP contribution is -2.56. The quantitative estimate of drug-likeness (QED) is 0.405. The molecule has 4 amide bonds. The topological polar surface area (TPSA) is 139 Å². The van der Waals surface area contributed by atoms with Crippen LogP contribution in [-0.2, 0) is 14.4 Å². The van der Waals surface area contributed by atoms with Crippen molar-refractivity contribution in [1.29, 1.82) is 0 Å². The first-order valence-corrected chi connectivity index (χ1v) is 13.3. The van der Waals surface area contributed by atoms with Crippen LogP contribution in [0.2, 0.25) is 5.02 Å². The summed E-state index contributed by atoms with van der Waals surface area (Å²) < 4.78 is 41.6. The number of nitrogens with one attached hydrogen (secondary N) is 1. The average molecular weight is 601 g/mol. The minimum atomic E-state index is -2.93. The Kier molecular flexibility index (Phi) is 7.87. The molecule has 2 aliphatic rings. The summed E-state index contributed by atoms with van der Waals surface area (Å²) in [6, 6.07) is 6.01. The van der Waals surface area contributed by atoms with Crippen LogP contribution in [0.3, 0.4) is 0 Å². The molecule has 0 spiro atoms. The molecule has 2 fully saturated rings. The molecule has 1 aliphatic carbocycles. The second-order valence-electron chi connectivity index (χ2n) is 10.0. The van der Waals surface area contributed by atoms with Gasteiger partial charge in [-0.25, -0.2) is 18.2 Å². The molecule has 1 aromatic carbocycles. The van der Waals surface area contributed by atoms with Crippen LogP contribution < -0.4 is 20.9 Å². The van der Waals surface area contributed by atoms with Crippen molar-refractivity contribution in [3.05, 3.63) is 83.0 Å². The number of pyridine rings is 2. The van der Waals surface area contributed by atoms with Crippen molar-refractivity contribution in [3.8, 4) is 0 Å². The Morgan fingerprint density at radius 1 is 1.14 bits per heavy atom. The van der Waals surface area contributed by atoms with Crippen molar-refractivity contribution in [3.63, 3.8) is 0 Å². The molecule has 5 rings (SSSR count). The predicted octanol–water partition coefficient (Wildman–Crippen LogP) is 3.55. The summed E-state index contributed by atoms with van der Waals surface area (Å²) in [5, 5.41) is 2.63. The predicted molar refractivity (Wildman–Crippen MR) is 145 cm³/mol. The smallest absolute Gasteiger partial charge is 0.252 e. The summed E-state index contributed by atoms with van der Waals surface area (Å²) in [7, 11) is 0. The van der Waals surface area contributed by atoms with Crippen LogP contribution in [0.25, 0.3) is 0 Å². The van der Waals surface area contributed by atoms with Gasteiger partial charge in [-0.15, -0.1) is 0 Å². The number of halogens is 4. The fourth-order valence-electron chi connectivity index (χ4n) is 5.14. The zero-order valence-corrected chi connectivity index (χ0v) is 22.6. The molecule has 0 unspecified atom stereocenters. The van der Waals surface area contributed by atoms with Gasteiger partial charge in [-0.3, -0.25) is 34.0 Å². The summed E-state index contributed by atoms with van der Waals surface area (Å²) in [6.45, 7) is 0. The number of carbonyl (C=O) groups is 4. The van der Waals surface area contributed by atoms with Gasteiger partial charge in [0, 0.05) is 53.7 Å². The zero-order valence-electron chi connectivity index (χ0n) is 21.8. The summed E-state index contributed by atoms with van der Waals surface area (Å²) in [5.74, 6) is -6.72. The zero-order chi connectivity index (χ0) is 30.2. The number of benzene rings is 1. The lowest BCUT2D eigenvalue weighted by atomic mass is 9.87. The third kappa shape index (κ3) is 5.77. The Bertz CT molecular complexity index is 1570. The van der Waals surface area contributed by atoms with E-state index in [1.54, 1.807) is 12.1 Å². The van der Waals surface area contributed by atoms with Gasteiger partial charge in [-0.2, -0.15) is 0 Å². The number of carbonyl (C=O) groups excluding carboxylic acids is 4. The second-order valence-corrected chi connectivity index (χ2v) is 10.5. The SMILES string of the molecule is NC(=O)c1ccnc(N2C(=O)CC[C@H]2C(=O)N(c2cncc(F)c2)[C@H](C(=O)NC2CC(F)(F)C2)c2ccccc2Cl)c1. The fourth-order valence-corrected chi connectivity index (χ4v) is 5.38. The van der Waals surface area contributed by atoms with Crippen molar-refractivity contribution < 1.29 is 32.3 Å². The number of nitrogens with two attached hydrogens (primary N) is 1. The van der Waals surface area contributed by atoms with Crippen molar-refractivity contribution in [2.24, 2.45) is 5.73 Å². The minimum absolute atomic E-state index is 0.00883. The average Bonchev–Trinajstić information content (AvgIpc) is 3.32. The Balaban J connectivity index is 1.60. The lowest BCUT2D eigenvalue weighted by molar-refractivity contribution is -0.133. The van der Waals surface area contributed by atoms with Gasteiger partial charge in [-0.05, 0) is 24.6 Å². The van der Waals surface area contributed by atoms with Crippen molar-refractivity contribution >= 4 is 46.7 Å². The number of hydrogen-bond acceptors (Lipinski definition) is 6. The van der Waals surface area contributed by atoms with E-state index in [1.807, 2.05) is 0 Å². The third-order valence-electron chi connectivity index (χ3n) is 7.12. The maximum atomic E-state index is 14.5. The standard InChI is InChI=1S/C28H24ClF3N6O4/c29-20-4-2-1-3-19(20)24(26(41)36-17-11-28(31,32)12-17)37(18-10-16(30)13-34-14-18)27(42)21-5-6-23(39)38(21)22-9-15(25(33)40)7-8-35-22/h1-4,7-10,13-14,17,21,24H,5-6,11-12H2,(H2,33,40)(H,36,41)/t21-,24-/m0/s1. The molecule has 42 heavy (non-hydrogen) atoms. The molecule has 14 heteroatoms. The normalized spacial score (nSPS) is 18.7. The van der Waals surface area contributed by atoms with Crippen LogP contribution in [0.1, 0.15) is 47.6 Å². The molecule has 1 saturated carbocycles. The molecule has 2 atom stereocenters. The van der Waals surface area contributed by atoms with Gasteiger partial charge < -0.3 is 11.1 Å². The highest BCUT2D eigenvalue weighted by molar-refractivity contribution is 6.31. The fraction of sp³-hybridized carbons (Fsp3) is 0.286. The summed E-state index contributed by atoms with van der Waals surface area (Å²) in [5.41, 5.74) is 5.41. The third-order valence-corrected chi connectivity index (χ3v) is 7.47. The molecule has 10 nitrogen and oxygen atoms in total. The Hall–Kier alpha value is -4.52. The van der Waals surface area contributed by atoms with Crippen LogP contribution >= 0.6 is 11.6 Å². The van der Waals surface area contributed by atoms with Gasteiger partial charge >= 0.3 is 0 Å². The Morgan fingerprint density at radius 3 is 2.55 bits per heavy atom. The van der Waals surface area contributed by atoms with Crippen molar-refractivity contribution in [2.75, 3.05) is 9.80 Å². The lowest BCUT2D eigenvalue weighted by Gasteiger charge is -2.39. The van der Waals surface area contributed by atoms with Gasteiger partial charge in [0.05, 0.1) is 18.1 Å². The largest absolute Gasteiger partial charge is 0.366 e. The second kappa shape index (κ2) is 11.4. The van der Waals surface area contributed by atoms with E-state index in [1.165, 1.54) is 30.5 Å². The number of primary amides is 1. The van der Waals surface area contributed by atoms with Crippen LogP contribution in [-0.4, -0.2) is 51.6 Å². The van der Waals surface area contributed by atoms with Crippen LogP contribution in [0.15, 0.2) is 61.1 Å². The van der Waals surface area contributed by atoms with Gasteiger partial charge in [0.2, 0.25) is 17.7 Å². The van der Waals surface area contributed by atoms with E-state index in [2.05, 4.69) is 15.3 Å². The molecule has 3 heterocycles. The van der Waals surface area contributed by atoms with Gasteiger partial charge in [0.25, 0.3) is 11.8 Å². The number of alkyl halides is 2. The maximum absolute atomic E-state index is 14.5. The number of amides is 4. The van der Waals surface area contributed by atoms with Gasteiger partial charge in [0.1, 0.15) is 23.7 Å². The van der Waals surface area contributed by atoms with E-state index in [0.29, 0.717) is 0 Å². The minimum Gasteiger partial charge on any atom is -0.366 e. The molecule has 0 bridgehead atoms. The molecular formula is C28H24ClF3N6O4. The number of nitrogens with zero attached hydrogens (tertiary/aromatic N) is 4. The number of anilines is 2. The summed E-state index contributed by atoms with van der Waals surface area (Å²) >= 11 is 6.47. The highest BCUT2D eigenvalue weighted by Crippen LogP contribution is 2.39. The number of rotatable bonds is 8. The van der Waals surface area contributed by atoms with E-state index < -0.39 is 66.3 Å². The molecule has 1 saturated heterocycles. The maximum Gasteiger partial charge on any atom is 0.252 e. The van der Waals surface area contributed by atoms with E-state index >= 15 is 0 Å². The molecule has 1 aliphatic heterocycles. The molecule has 0 radical (unpaired) electrons. The molecule has 218 valence electrons. The number of hydrogen-bond donors (Lipinski definition) is 2. The first kappa shape index (κ1) is 29.0. The highest BCUT2D eigenvalue weighted by Gasteiger charge is 2.48. The van der Waals surface area contributed by atoms with Gasteiger partial charge in [0.15, 0.2) is 0 Å².